The number of rotatable bonds is 36. The molecule has 0 radical (unpaired) electrons. The van der Waals surface area contributed by atoms with E-state index in [9.17, 15) is 14.7 Å². The number of unbranched alkanes of at least 4 members (excludes halogenated alkanes) is 22. The van der Waals surface area contributed by atoms with Crippen LogP contribution in [0.4, 0.5) is 0 Å². The van der Waals surface area contributed by atoms with Gasteiger partial charge in [-0.3, -0.25) is 9.59 Å². The van der Waals surface area contributed by atoms with Crippen LogP contribution < -0.4 is 0 Å². The maximum atomic E-state index is 12.2. The van der Waals surface area contributed by atoms with Crippen molar-refractivity contribution in [3.8, 4) is 0 Å². The molecule has 47 heavy (non-hydrogen) atoms. The van der Waals surface area contributed by atoms with Crippen molar-refractivity contribution >= 4 is 11.9 Å². The third-order valence-corrected chi connectivity index (χ3v) is 8.69. The molecule has 5 heteroatoms. The molecule has 0 unspecified atom stereocenters. The lowest BCUT2D eigenvalue weighted by molar-refractivity contribution is -0.161. The second-order valence-electron chi connectivity index (χ2n) is 13.4. The van der Waals surface area contributed by atoms with E-state index in [1.165, 1.54) is 122 Å². The first-order chi connectivity index (χ1) is 23.1. The molecule has 0 amide bonds. The topological polar surface area (TPSA) is 72.8 Å². The lowest BCUT2D eigenvalue weighted by atomic mass is 10.0. The minimum atomic E-state index is -0.783. The van der Waals surface area contributed by atoms with Crippen molar-refractivity contribution in [2.75, 3.05) is 13.2 Å². The standard InChI is InChI=1S/C42H76O5/c1-3-5-7-9-11-13-15-17-19-20-21-23-25-27-29-31-33-35-37-42(45)47-40(38-43)39-46-41(44)36-34-32-30-28-26-24-22-18-16-14-12-10-8-6-4-2/h12,14,18,22,26,28,40,43H,3-11,13,15-17,19-21,23-25,27,29-39H2,1-2H3/b14-12-,22-18-,28-26-/t40-/m0/s1. The molecule has 274 valence electrons. The largest absolute Gasteiger partial charge is 0.462 e. The van der Waals surface area contributed by atoms with Crippen LogP contribution >= 0.6 is 0 Å². The van der Waals surface area contributed by atoms with Gasteiger partial charge in [-0.25, -0.2) is 0 Å². The van der Waals surface area contributed by atoms with Gasteiger partial charge < -0.3 is 14.6 Å². The van der Waals surface area contributed by atoms with E-state index in [-0.39, 0.29) is 25.2 Å². The van der Waals surface area contributed by atoms with E-state index in [2.05, 4.69) is 50.3 Å². The van der Waals surface area contributed by atoms with Crippen molar-refractivity contribution in [2.45, 2.75) is 206 Å². The quantitative estimate of drug-likeness (QED) is 0.0411. The summed E-state index contributed by atoms with van der Waals surface area (Å²) in [6.07, 6.45) is 46.4. The number of aliphatic hydroxyl groups excluding tert-OH is 1. The molecule has 0 aromatic rings. The minimum absolute atomic E-state index is 0.0830. The molecule has 0 aliphatic heterocycles. The van der Waals surface area contributed by atoms with E-state index in [1.54, 1.807) is 0 Å². The third kappa shape index (κ3) is 36.8. The van der Waals surface area contributed by atoms with Gasteiger partial charge in [-0.2, -0.15) is 0 Å². The van der Waals surface area contributed by atoms with Crippen molar-refractivity contribution in [1.82, 2.24) is 0 Å². The van der Waals surface area contributed by atoms with Crippen LogP contribution in [-0.4, -0.2) is 36.4 Å². The summed E-state index contributed by atoms with van der Waals surface area (Å²) in [6, 6.07) is 0. The van der Waals surface area contributed by atoms with Crippen LogP contribution in [0.15, 0.2) is 36.5 Å². The highest BCUT2D eigenvalue weighted by Crippen LogP contribution is 2.15. The van der Waals surface area contributed by atoms with Crippen molar-refractivity contribution in [3.05, 3.63) is 36.5 Å². The lowest BCUT2D eigenvalue weighted by Crippen LogP contribution is -2.28. The Morgan fingerprint density at radius 1 is 0.489 bits per heavy atom. The van der Waals surface area contributed by atoms with Gasteiger partial charge in [0.05, 0.1) is 6.61 Å². The first-order valence-electron chi connectivity index (χ1n) is 20.0. The molecule has 0 heterocycles. The van der Waals surface area contributed by atoms with Crippen LogP contribution in [0.1, 0.15) is 200 Å². The molecule has 0 aliphatic carbocycles. The zero-order valence-corrected chi connectivity index (χ0v) is 31.0. The van der Waals surface area contributed by atoms with Crippen LogP contribution in [0, 0.1) is 0 Å². The molecule has 1 N–H and O–H groups in total. The van der Waals surface area contributed by atoms with Gasteiger partial charge in [-0.1, -0.05) is 172 Å². The summed E-state index contributed by atoms with van der Waals surface area (Å²) >= 11 is 0. The number of allylic oxidation sites excluding steroid dienone is 6. The van der Waals surface area contributed by atoms with Crippen molar-refractivity contribution in [1.29, 1.82) is 0 Å². The predicted octanol–water partition coefficient (Wildman–Crippen LogP) is 12.5. The highest BCUT2D eigenvalue weighted by molar-refractivity contribution is 5.70. The Labute approximate surface area is 291 Å². The zero-order chi connectivity index (χ0) is 34.3. The van der Waals surface area contributed by atoms with E-state index in [1.807, 2.05) is 0 Å². The number of esters is 2. The number of carbonyl (C=O) groups is 2. The van der Waals surface area contributed by atoms with Crippen LogP contribution in [0.25, 0.3) is 0 Å². The van der Waals surface area contributed by atoms with Crippen molar-refractivity contribution in [3.63, 3.8) is 0 Å². The number of ether oxygens (including phenoxy) is 2. The number of carbonyl (C=O) groups excluding carboxylic acids is 2. The lowest BCUT2D eigenvalue weighted by Gasteiger charge is -2.15. The fourth-order valence-electron chi connectivity index (χ4n) is 5.62. The Morgan fingerprint density at radius 2 is 0.851 bits per heavy atom. The summed E-state index contributed by atoms with van der Waals surface area (Å²) in [5.74, 6) is -0.630. The van der Waals surface area contributed by atoms with Gasteiger partial charge in [0.25, 0.3) is 0 Å². The molecule has 0 rings (SSSR count). The summed E-state index contributed by atoms with van der Waals surface area (Å²) in [6.45, 7) is 4.08. The molecule has 0 aliphatic rings. The smallest absolute Gasteiger partial charge is 0.306 e. The molecule has 0 spiro atoms. The summed E-state index contributed by atoms with van der Waals surface area (Å²) in [7, 11) is 0. The van der Waals surface area contributed by atoms with Crippen LogP contribution in [0.2, 0.25) is 0 Å². The summed E-state index contributed by atoms with van der Waals surface area (Å²) in [4.78, 5) is 24.2. The highest BCUT2D eigenvalue weighted by atomic mass is 16.6. The van der Waals surface area contributed by atoms with Gasteiger partial charge >= 0.3 is 11.9 Å². The SMILES string of the molecule is CCCCC/C=C\C/C=C\C/C=C\CCCCC(=O)OC[C@H](CO)OC(=O)CCCCCCCCCCCCCCCCCCCC. The van der Waals surface area contributed by atoms with Crippen molar-refractivity contribution in [2.24, 2.45) is 0 Å². The van der Waals surface area contributed by atoms with Crippen LogP contribution in [-0.2, 0) is 19.1 Å². The molecule has 0 fully saturated rings. The molecule has 1 atom stereocenters. The molecular weight excluding hydrogens is 584 g/mol. The van der Waals surface area contributed by atoms with Gasteiger partial charge in [0.1, 0.15) is 6.61 Å². The Morgan fingerprint density at radius 3 is 1.32 bits per heavy atom. The van der Waals surface area contributed by atoms with Gasteiger partial charge in [0, 0.05) is 12.8 Å². The summed E-state index contributed by atoms with van der Waals surface area (Å²) < 4.78 is 10.6. The molecule has 0 saturated heterocycles. The fourth-order valence-corrected chi connectivity index (χ4v) is 5.62. The van der Waals surface area contributed by atoms with Crippen molar-refractivity contribution < 1.29 is 24.2 Å². The number of hydrogen-bond acceptors (Lipinski definition) is 5. The second kappa shape index (κ2) is 38.6. The molecule has 0 bridgehead atoms. The Kier molecular flexibility index (Phi) is 37.0. The van der Waals surface area contributed by atoms with Gasteiger partial charge in [-0.05, 0) is 51.4 Å². The van der Waals surface area contributed by atoms with E-state index in [0.717, 1.165) is 51.4 Å². The Bertz CT molecular complexity index is 756. The zero-order valence-electron chi connectivity index (χ0n) is 31.0. The van der Waals surface area contributed by atoms with Gasteiger partial charge in [0.2, 0.25) is 0 Å². The average Bonchev–Trinajstić information content (AvgIpc) is 3.07. The second-order valence-corrected chi connectivity index (χ2v) is 13.4. The monoisotopic (exact) mass is 661 g/mol. The first kappa shape index (κ1) is 45.1. The van der Waals surface area contributed by atoms with Gasteiger partial charge in [-0.15, -0.1) is 0 Å². The van der Waals surface area contributed by atoms with Crippen LogP contribution in [0.3, 0.4) is 0 Å². The third-order valence-electron chi connectivity index (χ3n) is 8.69. The first-order valence-corrected chi connectivity index (χ1v) is 20.0. The minimum Gasteiger partial charge on any atom is -0.462 e. The number of hydrogen-bond donors (Lipinski definition) is 1. The number of aliphatic hydroxyl groups is 1. The fraction of sp³-hybridized carbons (Fsp3) is 0.810. The maximum Gasteiger partial charge on any atom is 0.306 e. The Hall–Kier alpha value is -1.88. The van der Waals surface area contributed by atoms with E-state index < -0.39 is 6.10 Å². The summed E-state index contributed by atoms with van der Waals surface area (Å²) in [5.41, 5.74) is 0. The predicted molar refractivity (Wildman–Crippen MR) is 201 cm³/mol. The molecular formula is C42H76O5. The Balaban J connectivity index is 3.58. The van der Waals surface area contributed by atoms with E-state index in [0.29, 0.717) is 12.8 Å². The maximum absolute atomic E-state index is 12.2. The molecule has 0 saturated carbocycles. The van der Waals surface area contributed by atoms with E-state index in [4.69, 9.17) is 9.47 Å². The summed E-state index contributed by atoms with van der Waals surface area (Å²) in [5, 5.41) is 9.55. The molecule has 0 aromatic carbocycles. The molecule has 5 nitrogen and oxygen atoms in total. The average molecular weight is 661 g/mol. The normalized spacial score (nSPS) is 12.5. The van der Waals surface area contributed by atoms with Crippen LogP contribution in [0.5, 0.6) is 0 Å². The van der Waals surface area contributed by atoms with E-state index >= 15 is 0 Å². The molecule has 0 aromatic heterocycles. The van der Waals surface area contributed by atoms with Gasteiger partial charge in [0.15, 0.2) is 6.10 Å². The highest BCUT2D eigenvalue weighted by Gasteiger charge is 2.16.